The first-order valence-corrected chi connectivity index (χ1v) is 14.7. The van der Waals surface area contributed by atoms with E-state index in [9.17, 15) is 24.3 Å². The third-order valence-corrected chi connectivity index (χ3v) is 7.75. The number of para-hydroxylation sites is 1. The van der Waals surface area contributed by atoms with Crippen LogP contribution < -0.4 is 27.8 Å². The molecule has 1 aliphatic rings. The fourth-order valence-electron chi connectivity index (χ4n) is 5.47. The summed E-state index contributed by atoms with van der Waals surface area (Å²) in [6, 6.07) is 12.8. The highest BCUT2D eigenvalue weighted by Crippen LogP contribution is 2.22. The van der Waals surface area contributed by atoms with Crippen LogP contribution in [-0.2, 0) is 32.0 Å². The Balaban J connectivity index is 1.46. The van der Waals surface area contributed by atoms with Crippen molar-refractivity contribution in [2.24, 2.45) is 22.2 Å². The van der Waals surface area contributed by atoms with E-state index in [1.807, 2.05) is 54.6 Å². The number of rotatable bonds is 14. The number of nitrogens with zero attached hydrogens (tertiary/aromatic N) is 2. The maximum atomic E-state index is 13.9. The Kier molecular flexibility index (Phi) is 10.9. The van der Waals surface area contributed by atoms with E-state index in [0.717, 1.165) is 22.0 Å². The fraction of sp³-hybridized carbons (Fsp3) is 0.387. The number of benzene rings is 2. The Morgan fingerprint density at radius 2 is 1.73 bits per heavy atom. The maximum absolute atomic E-state index is 13.9. The van der Waals surface area contributed by atoms with Crippen molar-refractivity contribution in [3.63, 3.8) is 0 Å². The number of carbonyl (C=O) groups is 4. The predicted molar refractivity (Wildman–Crippen MR) is 166 cm³/mol. The number of carboxylic acid groups (broad SMARTS) is 1. The van der Waals surface area contributed by atoms with Gasteiger partial charge in [-0.05, 0) is 42.9 Å². The van der Waals surface area contributed by atoms with Crippen molar-refractivity contribution in [2.45, 2.75) is 62.7 Å². The molecule has 1 fully saturated rings. The zero-order valence-electron chi connectivity index (χ0n) is 24.4. The standard InChI is InChI=1S/C31H40N8O5/c32-22(11-6-14-35-31(33)34)27(40)37-24(16-19-8-2-1-3-9-19)29(42)39-15-7-13-26(39)28(41)38-25(30(43)44)17-20-18-36-23-12-5-4-10-21(20)23/h1-5,8-10,12,18,22,24-26,36H,6-7,11,13-17,32H2,(H,37,40)(H,38,41)(H,43,44)(H4,33,34,35). The van der Waals surface area contributed by atoms with Gasteiger partial charge in [0, 0.05) is 43.0 Å². The van der Waals surface area contributed by atoms with E-state index >= 15 is 0 Å². The van der Waals surface area contributed by atoms with Gasteiger partial charge in [0.05, 0.1) is 6.04 Å². The fourth-order valence-corrected chi connectivity index (χ4v) is 5.47. The number of hydrogen-bond acceptors (Lipinski definition) is 6. The first-order chi connectivity index (χ1) is 21.1. The van der Waals surface area contributed by atoms with Crippen LogP contribution in [0.3, 0.4) is 0 Å². The van der Waals surface area contributed by atoms with Crippen LogP contribution in [0.15, 0.2) is 65.8 Å². The second-order valence-electron chi connectivity index (χ2n) is 11.0. The second-order valence-corrected chi connectivity index (χ2v) is 11.0. The van der Waals surface area contributed by atoms with Crippen LogP contribution in [0.4, 0.5) is 0 Å². The molecule has 234 valence electrons. The molecule has 0 bridgehead atoms. The lowest BCUT2D eigenvalue weighted by Gasteiger charge is -2.30. The number of carboxylic acids is 1. The van der Waals surface area contributed by atoms with Crippen LogP contribution in [0.1, 0.15) is 36.8 Å². The molecule has 0 radical (unpaired) electrons. The molecule has 3 amide bonds. The molecule has 1 aromatic heterocycles. The van der Waals surface area contributed by atoms with E-state index in [0.29, 0.717) is 38.8 Å². The highest BCUT2D eigenvalue weighted by molar-refractivity contribution is 5.95. The summed E-state index contributed by atoms with van der Waals surface area (Å²) in [6.07, 6.45) is 3.70. The van der Waals surface area contributed by atoms with Crippen LogP contribution in [0.2, 0.25) is 0 Å². The van der Waals surface area contributed by atoms with Gasteiger partial charge in [-0.1, -0.05) is 48.5 Å². The lowest BCUT2D eigenvalue weighted by Crippen LogP contribution is -2.57. The average Bonchev–Trinajstić information content (AvgIpc) is 3.66. The second kappa shape index (κ2) is 15.0. The zero-order chi connectivity index (χ0) is 31.6. The first-order valence-electron chi connectivity index (χ1n) is 14.7. The Morgan fingerprint density at radius 3 is 2.45 bits per heavy atom. The number of guanidine groups is 1. The van der Waals surface area contributed by atoms with Crippen molar-refractivity contribution < 1.29 is 24.3 Å². The van der Waals surface area contributed by atoms with Crippen molar-refractivity contribution in [2.75, 3.05) is 13.1 Å². The molecule has 13 heteroatoms. The number of likely N-dealkylation sites (tertiary alicyclic amines) is 1. The molecular formula is C31H40N8O5. The van der Waals surface area contributed by atoms with Gasteiger partial charge < -0.3 is 42.8 Å². The number of nitrogens with two attached hydrogens (primary N) is 3. The number of aromatic amines is 1. The molecule has 4 atom stereocenters. The summed E-state index contributed by atoms with van der Waals surface area (Å²) in [6.45, 7) is 0.612. The van der Waals surface area contributed by atoms with Gasteiger partial charge in [0.15, 0.2) is 5.96 Å². The quantitative estimate of drug-likeness (QED) is 0.0772. The lowest BCUT2D eigenvalue weighted by atomic mass is 10.0. The van der Waals surface area contributed by atoms with Crippen LogP contribution in [-0.4, -0.2) is 81.9 Å². The summed E-state index contributed by atoms with van der Waals surface area (Å²) < 4.78 is 0. The number of amides is 3. The molecule has 0 spiro atoms. The molecular weight excluding hydrogens is 564 g/mol. The van der Waals surface area contributed by atoms with Crippen LogP contribution in [0.25, 0.3) is 10.9 Å². The molecule has 4 rings (SSSR count). The lowest BCUT2D eigenvalue weighted by molar-refractivity contribution is -0.144. The van der Waals surface area contributed by atoms with Gasteiger partial charge in [0.1, 0.15) is 18.1 Å². The number of fused-ring (bicyclic) bond motifs is 1. The predicted octanol–water partition coefficient (Wildman–Crippen LogP) is 0.379. The third-order valence-electron chi connectivity index (χ3n) is 7.75. The smallest absolute Gasteiger partial charge is 0.326 e. The van der Waals surface area contributed by atoms with Crippen molar-refractivity contribution in [1.29, 1.82) is 0 Å². The van der Waals surface area contributed by atoms with Crippen molar-refractivity contribution >= 4 is 40.6 Å². The molecule has 10 N–H and O–H groups in total. The minimum atomic E-state index is -1.20. The summed E-state index contributed by atoms with van der Waals surface area (Å²) >= 11 is 0. The van der Waals surface area contributed by atoms with Gasteiger partial charge in [-0.25, -0.2) is 4.79 Å². The summed E-state index contributed by atoms with van der Waals surface area (Å²) in [7, 11) is 0. The summed E-state index contributed by atoms with van der Waals surface area (Å²) in [5, 5.41) is 16.2. The van der Waals surface area contributed by atoms with E-state index in [1.54, 1.807) is 6.20 Å². The Hall–Kier alpha value is -4.91. The highest BCUT2D eigenvalue weighted by Gasteiger charge is 2.39. The molecule has 4 unspecified atom stereocenters. The minimum Gasteiger partial charge on any atom is -0.480 e. The monoisotopic (exact) mass is 604 g/mol. The SMILES string of the molecule is NC(N)=NCCCC(N)C(=O)NC(Cc1ccccc1)C(=O)N1CCCC1C(=O)NC(Cc1c[nH]c2ccccc12)C(=O)O. The summed E-state index contributed by atoms with van der Waals surface area (Å²) in [4.78, 5) is 61.0. The Morgan fingerprint density at radius 1 is 1.00 bits per heavy atom. The maximum Gasteiger partial charge on any atom is 0.326 e. The van der Waals surface area contributed by atoms with E-state index in [2.05, 4.69) is 20.6 Å². The third kappa shape index (κ3) is 8.34. The normalized spacial score (nSPS) is 16.6. The van der Waals surface area contributed by atoms with E-state index in [1.165, 1.54) is 4.90 Å². The number of hydrogen-bond donors (Lipinski definition) is 7. The van der Waals surface area contributed by atoms with E-state index in [4.69, 9.17) is 17.2 Å². The number of carbonyl (C=O) groups excluding carboxylic acids is 3. The van der Waals surface area contributed by atoms with Crippen LogP contribution >= 0.6 is 0 Å². The number of aliphatic imine (C=N–C) groups is 1. The van der Waals surface area contributed by atoms with Gasteiger partial charge in [-0.3, -0.25) is 19.4 Å². The number of aromatic nitrogens is 1. The molecule has 0 saturated carbocycles. The Bertz CT molecular complexity index is 1490. The van der Waals surface area contributed by atoms with Gasteiger partial charge in [0.25, 0.3) is 0 Å². The van der Waals surface area contributed by atoms with Crippen molar-refractivity contribution in [3.8, 4) is 0 Å². The minimum absolute atomic E-state index is 0.0478. The van der Waals surface area contributed by atoms with Crippen LogP contribution in [0, 0.1) is 0 Å². The van der Waals surface area contributed by atoms with E-state index in [-0.39, 0.29) is 18.8 Å². The largest absolute Gasteiger partial charge is 0.480 e. The number of H-pyrrole nitrogens is 1. The molecule has 13 nitrogen and oxygen atoms in total. The molecule has 3 aromatic rings. The van der Waals surface area contributed by atoms with Gasteiger partial charge in [0.2, 0.25) is 17.7 Å². The Labute approximate surface area is 255 Å². The van der Waals surface area contributed by atoms with Crippen LogP contribution in [0.5, 0.6) is 0 Å². The number of nitrogens with one attached hydrogen (secondary N) is 3. The zero-order valence-corrected chi connectivity index (χ0v) is 24.4. The molecule has 2 heterocycles. The first kappa shape index (κ1) is 32.0. The number of aliphatic carboxylic acids is 1. The van der Waals surface area contributed by atoms with Crippen molar-refractivity contribution in [1.82, 2.24) is 20.5 Å². The topological polar surface area (TPSA) is 222 Å². The highest BCUT2D eigenvalue weighted by atomic mass is 16.4. The molecule has 44 heavy (non-hydrogen) atoms. The molecule has 2 aromatic carbocycles. The molecule has 0 aliphatic carbocycles. The average molecular weight is 605 g/mol. The van der Waals surface area contributed by atoms with Crippen molar-refractivity contribution in [3.05, 3.63) is 71.9 Å². The summed E-state index contributed by atoms with van der Waals surface area (Å²) in [5.41, 5.74) is 19.2. The van der Waals surface area contributed by atoms with Gasteiger partial charge in [-0.2, -0.15) is 0 Å². The van der Waals surface area contributed by atoms with Gasteiger partial charge in [-0.15, -0.1) is 0 Å². The summed E-state index contributed by atoms with van der Waals surface area (Å²) in [5.74, 6) is -2.72. The molecule has 1 saturated heterocycles. The van der Waals surface area contributed by atoms with E-state index < -0.39 is 47.9 Å². The van der Waals surface area contributed by atoms with Gasteiger partial charge >= 0.3 is 5.97 Å². The molecule has 1 aliphatic heterocycles.